The smallest absolute Gasteiger partial charge is 0.120 e. The van der Waals surface area contributed by atoms with Crippen molar-refractivity contribution in [3.05, 3.63) is 45.0 Å². The molecule has 0 bridgehead atoms. The van der Waals surface area contributed by atoms with Crippen molar-refractivity contribution in [1.82, 2.24) is 0 Å². The fourth-order valence-electron chi connectivity index (χ4n) is 1.28. The van der Waals surface area contributed by atoms with E-state index in [4.69, 9.17) is 10.2 Å². The molecular weight excluding hydrogens is 262 g/mol. The van der Waals surface area contributed by atoms with Gasteiger partial charge in [-0.05, 0) is 34.1 Å². The molecule has 0 amide bonds. The summed E-state index contributed by atoms with van der Waals surface area (Å²) >= 11 is 5.12. The third-order valence-electron chi connectivity index (χ3n) is 1.95. The number of rotatable bonds is 3. The highest BCUT2D eigenvalue weighted by atomic mass is 79.9. The maximum atomic E-state index is 5.98. The number of halogens is 1. The fraction of sp³-hybridized carbons (Fsp3) is 0.200. The lowest BCUT2D eigenvalue weighted by atomic mass is 10.1. The summed E-state index contributed by atoms with van der Waals surface area (Å²) in [5, 5.41) is 2.06. The molecule has 0 spiro atoms. The van der Waals surface area contributed by atoms with E-state index in [2.05, 4.69) is 27.4 Å². The Hall–Kier alpha value is -0.580. The van der Waals surface area contributed by atoms with E-state index in [-0.39, 0.29) is 6.04 Å². The van der Waals surface area contributed by atoms with Crippen LogP contribution >= 0.6 is 27.3 Å². The van der Waals surface area contributed by atoms with Crippen molar-refractivity contribution in [2.24, 2.45) is 5.73 Å². The van der Waals surface area contributed by atoms with Gasteiger partial charge >= 0.3 is 0 Å². The van der Waals surface area contributed by atoms with Gasteiger partial charge in [-0.1, -0.05) is 0 Å². The van der Waals surface area contributed by atoms with E-state index in [0.29, 0.717) is 0 Å². The molecule has 2 nitrogen and oxygen atoms in total. The van der Waals surface area contributed by atoms with Crippen LogP contribution in [0.2, 0.25) is 0 Å². The molecule has 0 aromatic carbocycles. The number of nitrogens with two attached hydrogens (primary N) is 1. The fourth-order valence-corrected chi connectivity index (χ4v) is 2.79. The van der Waals surface area contributed by atoms with E-state index in [1.807, 2.05) is 12.1 Å². The summed E-state index contributed by atoms with van der Waals surface area (Å²) in [4.78, 5) is 1.26. The van der Waals surface area contributed by atoms with Crippen molar-refractivity contribution in [2.75, 3.05) is 0 Å². The van der Waals surface area contributed by atoms with E-state index in [1.165, 1.54) is 4.88 Å². The SMILES string of the molecule is NC(Cc1cc(Br)cs1)c1ccco1. The normalized spacial score (nSPS) is 13.0. The lowest BCUT2D eigenvalue weighted by Crippen LogP contribution is -2.11. The van der Waals surface area contributed by atoms with Crippen molar-refractivity contribution in [3.8, 4) is 0 Å². The van der Waals surface area contributed by atoms with Gasteiger partial charge in [-0.25, -0.2) is 0 Å². The summed E-state index contributed by atoms with van der Waals surface area (Å²) in [7, 11) is 0. The van der Waals surface area contributed by atoms with E-state index in [1.54, 1.807) is 17.6 Å². The molecule has 0 aliphatic rings. The highest BCUT2D eigenvalue weighted by Gasteiger charge is 2.10. The maximum absolute atomic E-state index is 5.98. The molecule has 2 N–H and O–H groups in total. The minimum atomic E-state index is -0.0458. The Kier molecular flexibility index (Phi) is 3.05. The van der Waals surface area contributed by atoms with Crippen molar-refractivity contribution in [1.29, 1.82) is 0 Å². The monoisotopic (exact) mass is 271 g/mol. The number of thiophene rings is 1. The Morgan fingerprint density at radius 3 is 3.00 bits per heavy atom. The zero-order valence-electron chi connectivity index (χ0n) is 7.44. The molecule has 1 unspecified atom stereocenters. The third-order valence-corrected chi connectivity index (χ3v) is 3.67. The predicted octanol–water partition coefficient (Wildman–Crippen LogP) is 3.35. The molecule has 0 aliphatic carbocycles. The van der Waals surface area contributed by atoms with E-state index < -0.39 is 0 Å². The Morgan fingerprint density at radius 2 is 2.43 bits per heavy atom. The van der Waals surface area contributed by atoms with Crippen LogP contribution in [0.5, 0.6) is 0 Å². The molecule has 2 heterocycles. The minimum absolute atomic E-state index is 0.0458. The number of furan rings is 1. The van der Waals surface area contributed by atoms with Crippen LogP contribution in [0.4, 0.5) is 0 Å². The molecule has 0 saturated carbocycles. The summed E-state index contributed by atoms with van der Waals surface area (Å²) in [6.45, 7) is 0. The molecule has 1 atom stereocenters. The maximum Gasteiger partial charge on any atom is 0.120 e. The summed E-state index contributed by atoms with van der Waals surface area (Å²) in [6.07, 6.45) is 2.48. The Balaban J connectivity index is 2.05. The second-order valence-electron chi connectivity index (χ2n) is 3.06. The van der Waals surface area contributed by atoms with Gasteiger partial charge in [0.2, 0.25) is 0 Å². The van der Waals surface area contributed by atoms with Gasteiger partial charge in [0, 0.05) is 21.2 Å². The van der Waals surface area contributed by atoms with Crippen LogP contribution in [-0.2, 0) is 6.42 Å². The zero-order valence-corrected chi connectivity index (χ0v) is 9.85. The van der Waals surface area contributed by atoms with Crippen molar-refractivity contribution < 1.29 is 4.42 Å². The second kappa shape index (κ2) is 4.29. The average Bonchev–Trinajstić information content (AvgIpc) is 2.75. The molecule has 0 fully saturated rings. The molecule has 0 saturated heterocycles. The average molecular weight is 272 g/mol. The highest BCUT2D eigenvalue weighted by molar-refractivity contribution is 9.10. The first kappa shape index (κ1) is 9.96. The van der Waals surface area contributed by atoms with Gasteiger partial charge in [0.05, 0.1) is 12.3 Å². The molecule has 0 radical (unpaired) electrons. The topological polar surface area (TPSA) is 39.2 Å². The standard InChI is InChI=1S/C10H10BrNOS/c11-7-4-8(14-6-7)5-9(12)10-2-1-3-13-10/h1-4,6,9H,5,12H2. The Bertz CT molecular complexity index is 396. The van der Waals surface area contributed by atoms with Gasteiger partial charge in [-0.3, -0.25) is 0 Å². The van der Waals surface area contributed by atoms with Crippen LogP contribution in [-0.4, -0.2) is 0 Å². The van der Waals surface area contributed by atoms with Crippen molar-refractivity contribution in [3.63, 3.8) is 0 Å². The first-order valence-electron chi connectivity index (χ1n) is 4.27. The van der Waals surface area contributed by atoms with Crippen molar-refractivity contribution in [2.45, 2.75) is 12.5 Å². The highest BCUT2D eigenvalue weighted by Crippen LogP contribution is 2.24. The van der Waals surface area contributed by atoms with Crippen LogP contribution in [0.3, 0.4) is 0 Å². The van der Waals surface area contributed by atoms with Crippen LogP contribution < -0.4 is 5.73 Å². The Morgan fingerprint density at radius 1 is 1.57 bits per heavy atom. The van der Waals surface area contributed by atoms with E-state index in [0.717, 1.165) is 16.7 Å². The largest absolute Gasteiger partial charge is 0.468 e. The first-order chi connectivity index (χ1) is 6.75. The summed E-state index contributed by atoms with van der Waals surface area (Å²) in [5.41, 5.74) is 5.98. The summed E-state index contributed by atoms with van der Waals surface area (Å²) in [5.74, 6) is 0.842. The van der Waals surface area contributed by atoms with Gasteiger partial charge < -0.3 is 10.2 Å². The molecule has 74 valence electrons. The molecular formula is C10H10BrNOS. The molecule has 2 aromatic rings. The van der Waals surface area contributed by atoms with Crippen LogP contribution in [0.15, 0.2) is 38.7 Å². The quantitative estimate of drug-likeness (QED) is 0.930. The van der Waals surface area contributed by atoms with E-state index in [9.17, 15) is 0 Å². The van der Waals surface area contributed by atoms with Gasteiger partial charge in [-0.2, -0.15) is 0 Å². The molecule has 0 aliphatic heterocycles. The van der Waals surface area contributed by atoms with Gasteiger partial charge in [0.15, 0.2) is 0 Å². The zero-order chi connectivity index (χ0) is 9.97. The lowest BCUT2D eigenvalue weighted by Gasteiger charge is -2.05. The third kappa shape index (κ3) is 2.26. The van der Waals surface area contributed by atoms with Crippen LogP contribution in [0, 0.1) is 0 Å². The van der Waals surface area contributed by atoms with E-state index >= 15 is 0 Å². The number of hydrogen-bond acceptors (Lipinski definition) is 3. The first-order valence-corrected chi connectivity index (χ1v) is 5.95. The van der Waals surface area contributed by atoms with Crippen LogP contribution in [0.25, 0.3) is 0 Å². The molecule has 14 heavy (non-hydrogen) atoms. The Labute approximate surface area is 94.9 Å². The lowest BCUT2D eigenvalue weighted by molar-refractivity contribution is 0.466. The van der Waals surface area contributed by atoms with Crippen molar-refractivity contribution >= 4 is 27.3 Å². The molecule has 2 aromatic heterocycles. The van der Waals surface area contributed by atoms with Crippen LogP contribution in [0.1, 0.15) is 16.7 Å². The summed E-state index contributed by atoms with van der Waals surface area (Å²) in [6, 6.07) is 5.82. The molecule has 2 rings (SSSR count). The predicted molar refractivity (Wildman–Crippen MR) is 61.4 cm³/mol. The van der Waals surface area contributed by atoms with Gasteiger partial charge in [0.1, 0.15) is 5.76 Å². The summed E-state index contributed by atoms with van der Waals surface area (Å²) < 4.78 is 6.36. The van der Waals surface area contributed by atoms with Gasteiger partial charge in [0.25, 0.3) is 0 Å². The number of hydrogen-bond donors (Lipinski definition) is 1. The second-order valence-corrected chi connectivity index (χ2v) is 4.97. The minimum Gasteiger partial charge on any atom is -0.468 e. The molecule has 4 heteroatoms. The van der Waals surface area contributed by atoms with Gasteiger partial charge in [-0.15, -0.1) is 11.3 Å².